The number of aromatic nitrogens is 6. The quantitative estimate of drug-likeness (QED) is 0.704. The minimum atomic E-state index is -0.160. The Morgan fingerprint density at radius 3 is 2.90 bits per heavy atom. The molecule has 0 spiro atoms. The summed E-state index contributed by atoms with van der Waals surface area (Å²) in [6.45, 7) is 0.534. The highest BCUT2D eigenvalue weighted by Crippen LogP contribution is 2.04. The maximum absolute atomic E-state index is 12.0. The number of carbonyl (C=O) groups is 1. The van der Waals surface area contributed by atoms with E-state index in [1.807, 2.05) is 0 Å². The van der Waals surface area contributed by atoms with E-state index < -0.39 is 0 Å². The fourth-order valence-corrected chi connectivity index (χ4v) is 1.82. The van der Waals surface area contributed by atoms with Crippen LogP contribution in [0.2, 0.25) is 0 Å². The van der Waals surface area contributed by atoms with E-state index in [1.165, 1.54) is 17.2 Å². The highest BCUT2D eigenvalue weighted by atomic mass is 16.1. The van der Waals surface area contributed by atoms with E-state index in [0.29, 0.717) is 24.3 Å². The first kappa shape index (κ1) is 13.0. The average molecular weight is 283 g/mol. The second-order valence-electron chi connectivity index (χ2n) is 4.33. The van der Waals surface area contributed by atoms with Crippen molar-refractivity contribution >= 4 is 5.91 Å². The van der Waals surface area contributed by atoms with Crippen LogP contribution in [0.3, 0.4) is 0 Å². The zero-order valence-electron chi connectivity index (χ0n) is 11.1. The summed E-state index contributed by atoms with van der Waals surface area (Å²) in [6.07, 6.45) is 8.55. The van der Waals surface area contributed by atoms with Crippen LogP contribution in [0, 0.1) is 0 Å². The fourth-order valence-electron chi connectivity index (χ4n) is 1.82. The Bertz CT molecular complexity index is 689. The third-order valence-corrected chi connectivity index (χ3v) is 2.90. The van der Waals surface area contributed by atoms with Crippen LogP contribution in [0.25, 0.3) is 5.82 Å². The van der Waals surface area contributed by atoms with E-state index in [0.717, 1.165) is 5.69 Å². The largest absolute Gasteiger partial charge is 0.352 e. The number of nitrogens with one attached hydrogen (secondary N) is 2. The molecule has 8 nitrogen and oxygen atoms in total. The van der Waals surface area contributed by atoms with Crippen LogP contribution in [0.1, 0.15) is 16.1 Å². The van der Waals surface area contributed by atoms with Gasteiger partial charge in [-0.1, -0.05) is 0 Å². The summed E-state index contributed by atoms with van der Waals surface area (Å²) in [5.41, 5.74) is 1.48. The van der Waals surface area contributed by atoms with Gasteiger partial charge < -0.3 is 10.3 Å². The molecule has 0 aliphatic rings. The smallest absolute Gasteiger partial charge is 0.252 e. The van der Waals surface area contributed by atoms with Gasteiger partial charge in [0.1, 0.15) is 12.7 Å². The summed E-state index contributed by atoms with van der Waals surface area (Å²) in [4.78, 5) is 26.9. The van der Waals surface area contributed by atoms with E-state index in [2.05, 4.69) is 30.4 Å². The Morgan fingerprint density at radius 1 is 1.29 bits per heavy atom. The standard InChI is InChI=1S/C13H13N7O/c21-13(16-4-3-11-6-14-7-18-11)10-1-2-12(17-5-10)20-9-15-8-19-20/h1-2,5-9H,3-4H2,(H,14,18)(H,16,21). The minimum Gasteiger partial charge on any atom is -0.352 e. The molecule has 106 valence electrons. The average Bonchev–Trinajstić information content (AvgIpc) is 3.21. The van der Waals surface area contributed by atoms with Crippen LogP contribution in [0.5, 0.6) is 0 Å². The van der Waals surface area contributed by atoms with Crippen molar-refractivity contribution in [1.82, 2.24) is 35.0 Å². The monoisotopic (exact) mass is 283 g/mol. The predicted molar refractivity (Wildman–Crippen MR) is 73.8 cm³/mol. The summed E-state index contributed by atoms with van der Waals surface area (Å²) < 4.78 is 1.53. The molecule has 0 atom stereocenters. The number of carbonyl (C=O) groups excluding carboxylic acids is 1. The van der Waals surface area contributed by atoms with Crippen molar-refractivity contribution in [3.63, 3.8) is 0 Å². The lowest BCUT2D eigenvalue weighted by atomic mass is 10.2. The highest BCUT2D eigenvalue weighted by Gasteiger charge is 2.06. The third kappa shape index (κ3) is 3.11. The zero-order valence-corrected chi connectivity index (χ0v) is 11.1. The number of imidazole rings is 1. The third-order valence-electron chi connectivity index (χ3n) is 2.90. The van der Waals surface area contributed by atoms with E-state index in [-0.39, 0.29) is 5.91 Å². The van der Waals surface area contributed by atoms with E-state index in [9.17, 15) is 4.79 Å². The second-order valence-corrected chi connectivity index (χ2v) is 4.33. The molecule has 0 aliphatic carbocycles. The molecule has 0 bridgehead atoms. The SMILES string of the molecule is O=C(NCCc1cnc[nH]1)c1ccc(-n2cncn2)nc1. The van der Waals surface area contributed by atoms with Crippen LogP contribution in [-0.2, 0) is 6.42 Å². The molecule has 0 saturated heterocycles. The first-order valence-corrected chi connectivity index (χ1v) is 6.39. The van der Waals surface area contributed by atoms with Crippen LogP contribution >= 0.6 is 0 Å². The van der Waals surface area contributed by atoms with Gasteiger partial charge in [0.25, 0.3) is 5.91 Å². The number of hydrogen-bond donors (Lipinski definition) is 2. The van der Waals surface area contributed by atoms with Gasteiger partial charge in [-0.15, -0.1) is 0 Å². The van der Waals surface area contributed by atoms with Gasteiger partial charge in [0.05, 0.1) is 11.9 Å². The summed E-state index contributed by atoms with van der Waals surface area (Å²) in [5, 5.41) is 6.80. The maximum Gasteiger partial charge on any atom is 0.252 e. The van der Waals surface area contributed by atoms with Crippen molar-refractivity contribution in [2.45, 2.75) is 6.42 Å². The van der Waals surface area contributed by atoms with Crippen LogP contribution in [-0.4, -0.2) is 42.2 Å². The van der Waals surface area contributed by atoms with Gasteiger partial charge in [-0.3, -0.25) is 4.79 Å². The van der Waals surface area contributed by atoms with Gasteiger partial charge in [0, 0.05) is 31.1 Å². The van der Waals surface area contributed by atoms with Crippen LogP contribution in [0.15, 0.2) is 43.5 Å². The van der Waals surface area contributed by atoms with Crippen LogP contribution in [0.4, 0.5) is 0 Å². The van der Waals surface area contributed by atoms with E-state index in [1.54, 1.807) is 31.0 Å². The van der Waals surface area contributed by atoms with Crippen molar-refractivity contribution in [1.29, 1.82) is 0 Å². The molecular weight excluding hydrogens is 270 g/mol. The Balaban J connectivity index is 1.57. The Hall–Kier alpha value is -3.03. The highest BCUT2D eigenvalue weighted by molar-refractivity contribution is 5.93. The number of rotatable bonds is 5. The number of H-pyrrole nitrogens is 1. The summed E-state index contributed by atoms with van der Waals surface area (Å²) in [5.74, 6) is 0.452. The molecule has 21 heavy (non-hydrogen) atoms. The molecule has 3 aromatic rings. The molecule has 0 unspecified atom stereocenters. The summed E-state index contributed by atoms with van der Waals surface area (Å²) >= 11 is 0. The van der Waals surface area contributed by atoms with Gasteiger partial charge in [0.15, 0.2) is 5.82 Å². The number of hydrogen-bond acceptors (Lipinski definition) is 5. The lowest BCUT2D eigenvalue weighted by molar-refractivity contribution is 0.0953. The van der Waals surface area contributed by atoms with Crippen molar-refractivity contribution in [3.05, 3.63) is 54.8 Å². The molecule has 0 fully saturated rings. The number of amides is 1. The molecular formula is C13H13N7O. The van der Waals surface area contributed by atoms with E-state index >= 15 is 0 Å². The Morgan fingerprint density at radius 2 is 2.24 bits per heavy atom. The van der Waals surface area contributed by atoms with Crippen LogP contribution < -0.4 is 5.32 Å². The van der Waals surface area contributed by atoms with Gasteiger partial charge in [-0.2, -0.15) is 5.10 Å². The fraction of sp³-hybridized carbons (Fsp3) is 0.154. The normalized spacial score (nSPS) is 10.5. The lowest BCUT2D eigenvalue weighted by Crippen LogP contribution is -2.25. The zero-order chi connectivity index (χ0) is 14.5. The molecule has 3 rings (SSSR count). The predicted octanol–water partition coefficient (Wildman–Crippen LogP) is 0.358. The second kappa shape index (κ2) is 5.95. The molecule has 1 amide bonds. The molecule has 0 saturated carbocycles. The Labute approximate surface area is 120 Å². The molecule has 8 heteroatoms. The van der Waals surface area contributed by atoms with Gasteiger partial charge >= 0.3 is 0 Å². The molecule has 0 aliphatic heterocycles. The number of nitrogens with zero attached hydrogens (tertiary/aromatic N) is 5. The van der Waals surface area contributed by atoms with Gasteiger partial charge in [0.2, 0.25) is 0 Å². The van der Waals surface area contributed by atoms with E-state index in [4.69, 9.17) is 0 Å². The van der Waals surface area contributed by atoms with Crippen molar-refractivity contribution in [2.24, 2.45) is 0 Å². The molecule has 0 aromatic carbocycles. The molecule has 3 aromatic heterocycles. The molecule has 0 radical (unpaired) electrons. The summed E-state index contributed by atoms with van der Waals surface area (Å²) in [6, 6.07) is 3.42. The first-order valence-electron chi connectivity index (χ1n) is 6.39. The van der Waals surface area contributed by atoms with Crippen molar-refractivity contribution < 1.29 is 4.79 Å². The lowest BCUT2D eigenvalue weighted by Gasteiger charge is -2.05. The number of pyridine rings is 1. The van der Waals surface area contributed by atoms with Gasteiger partial charge in [-0.05, 0) is 12.1 Å². The molecule has 2 N–H and O–H groups in total. The van der Waals surface area contributed by atoms with Gasteiger partial charge in [-0.25, -0.2) is 19.6 Å². The molecule has 3 heterocycles. The Kier molecular flexibility index (Phi) is 3.68. The topological polar surface area (TPSA) is 101 Å². The first-order chi connectivity index (χ1) is 10.3. The summed E-state index contributed by atoms with van der Waals surface area (Å²) in [7, 11) is 0. The maximum atomic E-state index is 12.0. The van der Waals surface area contributed by atoms with Crippen molar-refractivity contribution in [2.75, 3.05) is 6.54 Å². The number of aromatic amines is 1. The van der Waals surface area contributed by atoms with Crippen molar-refractivity contribution in [3.8, 4) is 5.82 Å². The minimum absolute atomic E-state index is 0.160.